The minimum atomic E-state index is 0.579. The average molecular weight is 416 g/mol. The Kier molecular flexibility index (Phi) is 5.46. The zero-order valence-corrected chi connectivity index (χ0v) is 17.8. The molecule has 2 heterocycles. The van der Waals surface area contributed by atoms with Gasteiger partial charge in [-0.1, -0.05) is 60.7 Å². The Morgan fingerprint density at radius 2 is 1.34 bits per heavy atom. The summed E-state index contributed by atoms with van der Waals surface area (Å²) in [5, 5.41) is 0. The molecule has 0 aliphatic carbocycles. The highest BCUT2D eigenvalue weighted by atomic mass is 16.5. The predicted octanol–water partition coefficient (Wildman–Crippen LogP) is 6.70. The molecule has 3 heteroatoms. The number of aryl methyl sites for hydroxylation is 1. The first-order valence-electron chi connectivity index (χ1n) is 10.6. The van der Waals surface area contributed by atoms with Gasteiger partial charge in [-0.3, -0.25) is 0 Å². The van der Waals surface area contributed by atoms with Gasteiger partial charge in [-0.05, 0) is 52.6 Å². The molecular formula is C29H23N2O+. The van der Waals surface area contributed by atoms with Gasteiger partial charge in [0.05, 0.1) is 5.56 Å². The SMILES string of the molecule is C[n+]1ccccc1-c1cc(Oc2ccccn2)ccc1-c1ccc(-c2ccccc2)cc1. The van der Waals surface area contributed by atoms with Gasteiger partial charge in [-0.15, -0.1) is 0 Å². The van der Waals surface area contributed by atoms with Gasteiger partial charge < -0.3 is 4.74 Å². The molecule has 0 fully saturated rings. The Labute approximate surface area is 188 Å². The normalized spacial score (nSPS) is 10.7. The molecule has 0 N–H and O–H groups in total. The van der Waals surface area contributed by atoms with Crippen molar-refractivity contribution >= 4 is 0 Å². The Bertz CT molecular complexity index is 1330. The molecule has 5 aromatic rings. The van der Waals surface area contributed by atoms with Gasteiger partial charge in [0, 0.05) is 24.4 Å². The monoisotopic (exact) mass is 415 g/mol. The maximum absolute atomic E-state index is 6.03. The Morgan fingerprint density at radius 1 is 0.625 bits per heavy atom. The number of nitrogens with zero attached hydrogens (tertiary/aromatic N) is 2. The van der Waals surface area contributed by atoms with Crippen molar-refractivity contribution in [3.05, 3.63) is 122 Å². The molecule has 0 unspecified atom stereocenters. The lowest BCUT2D eigenvalue weighted by Crippen LogP contribution is -2.30. The van der Waals surface area contributed by atoms with E-state index in [4.69, 9.17) is 4.74 Å². The minimum absolute atomic E-state index is 0.579. The van der Waals surface area contributed by atoms with Gasteiger partial charge in [0.25, 0.3) is 0 Å². The van der Waals surface area contributed by atoms with Gasteiger partial charge in [0.2, 0.25) is 11.6 Å². The number of pyridine rings is 2. The van der Waals surface area contributed by atoms with Crippen LogP contribution >= 0.6 is 0 Å². The summed E-state index contributed by atoms with van der Waals surface area (Å²) >= 11 is 0. The highest BCUT2D eigenvalue weighted by molar-refractivity contribution is 5.83. The van der Waals surface area contributed by atoms with Crippen LogP contribution in [0.1, 0.15) is 0 Å². The van der Waals surface area contributed by atoms with Gasteiger partial charge in [0.1, 0.15) is 12.8 Å². The van der Waals surface area contributed by atoms with E-state index < -0.39 is 0 Å². The molecule has 0 aliphatic rings. The third kappa shape index (κ3) is 4.14. The summed E-state index contributed by atoms with van der Waals surface area (Å²) in [6, 6.07) is 37.3. The molecule has 0 saturated carbocycles. The van der Waals surface area contributed by atoms with Crippen molar-refractivity contribution in [1.29, 1.82) is 0 Å². The van der Waals surface area contributed by atoms with Crippen LogP contribution in [-0.2, 0) is 7.05 Å². The number of hydrogen-bond donors (Lipinski definition) is 0. The van der Waals surface area contributed by atoms with Crippen LogP contribution in [0.3, 0.4) is 0 Å². The summed E-state index contributed by atoms with van der Waals surface area (Å²) in [6.45, 7) is 0. The molecule has 0 saturated heterocycles. The van der Waals surface area contributed by atoms with Crippen molar-refractivity contribution in [1.82, 2.24) is 4.98 Å². The van der Waals surface area contributed by atoms with Crippen LogP contribution in [0.4, 0.5) is 0 Å². The minimum Gasteiger partial charge on any atom is -0.439 e. The van der Waals surface area contributed by atoms with Crippen LogP contribution in [-0.4, -0.2) is 4.98 Å². The summed E-state index contributed by atoms with van der Waals surface area (Å²) in [7, 11) is 2.06. The van der Waals surface area contributed by atoms with E-state index in [0.717, 1.165) is 28.1 Å². The van der Waals surface area contributed by atoms with Crippen LogP contribution in [0.15, 0.2) is 122 Å². The first-order valence-corrected chi connectivity index (χ1v) is 10.6. The maximum atomic E-state index is 6.03. The number of aromatic nitrogens is 2. The fraction of sp³-hybridized carbons (Fsp3) is 0.0345. The summed E-state index contributed by atoms with van der Waals surface area (Å²) in [5.41, 5.74) is 6.95. The lowest BCUT2D eigenvalue weighted by molar-refractivity contribution is -0.660. The highest BCUT2D eigenvalue weighted by Crippen LogP contribution is 2.35. The summed E-state index contributed by atoms with van der Waals surface area (Å²) in [5.74, 6) is 1.34. The van der Waals surface area contributed by atoms with Crippen LogP contribution in [0, 0.1) is 0 Å². The molecule has 0 amide bonds. The molecule has 5 rings (SSSR count). The number of hydrogen-bond acceptors (Lipinski definition) is 2. The molecule has 32 heavy (non-hydrogen) atoms. The van der Waals surface area contributed by atoms with Crippen molar-refractivity contribution in [3.8, 4) is 45.1 Å². The first-order chi connectivity index (χ1) is 15.8. The Balaban J connectivity index is 1.57. The van der Waals surface area contributed by atoms with Crippen molar-refractivity contribution in [2.45, 2.75) is 0 Å². The maximum Gasteiger partial charge on any atom is 0.219 e. The quantitative estimate of drug-likeness (QED) is 0.299. The van der Waals surface area contributed by atoms with Crippen LogP contribution in [0.25, 0.3) is 33.5 Å². The largest absolute Gasteiger partial charge is 0.439 e. The highest BCUT2D eigenvalue weighted by Gasteiger charge is 2.17. The second-order valence-electron chi connectivity index (χ2n) is 7.62. The Hall–Kier alpha value is -4.24. The third-order valence-electron chi connectivity index (χ3n) is 5.49. The van der Waals surface area contributed by atoms with Crippen LogP contribution < -0.4 is 9.30 Å². The van der Waals surface area contributed by atoms with E-state index >= 15 is 0 Å². The zero-order valence-electron chi connectivity index (χ0n) is 17.8. The van der Waals surface area contributed by atoms with E-state index in [1.807, 2.05) is 36.4 Å². The Morgan fingerprint density at radius 3 is 2.09 bits per heavy atom. The molecule has 0 atom stereocenters. The van der Waals surface area contributed by atoms with E-state index in [0.29, 0.717) is 5.88 Å². The fourth-order valence-corrected chi connectivity index (χ4v) is 3.85. The van der Waals surface area contributed by atoms with Crippen molar-refractivity contribution in [2.24, 2.45) is 7.05 Å². The second kappa shape index (κ2) is 8.86. The average Bonchev–Trinajstić information content (AvgIpc) is 2.86. The molecule has 2 aromatic heterocycles. The molecule has 0 bridgehead atoms. The second-order valence-corrected chi connectivity index (χ2v) is 7.62. The molecule has 3 nitrogen and oxygen atoms in total. The van der Waals surface area contributed by atoms with Crippen molar-refractivity contribution < 1.29 is 9.30 Å². The van der Waals surface area contributed by atoms with Crippen molar-refractivity contribution in [3.63, 3.8) is 0 Å². The number of rotatable bonds is 5. The zero-order chi connectivity index (χ0) is 21.8. The van der Waals surface area contributed by atoms with E-state index in [1.165, 1.54) is 11.1 Å². The molecule has 0 aliphatic heterocycles. The summed E-state index contributed by atoms with van der Waals surface area (Å²) < 4.78 is 8.15. The first kappa shape index (κ1) is 19.7. The van der Waals surface area contributed by atoms with Crippen LogP contribution in [0.2, 0.25) is 0 Å². The standard InChI is InChI=1S/C29H23N2O/c1-31-20-8-6-11-28(31)27-21-25(32-29-12-5-7-19-30-29)17-18-26(27)24-15-13-23(14-16-24)22-9-3-2-4-10-22/h2-21H,1H3/q+1. The molecular weight excluding hydrogens is 392 g/mol. The van der Waals surface area contributed by atoms with E-state index in [-0.39, 0.29) is 0 Å². The van der Waals surface area contributed by atoms with E-state index in [1.54, 1.807) is 6.20 Å². The molecule has 3 aromatic carbocycles. The van der Waals surface area contributed by atoms with E-state index in [2.05, 4.69) is 95.6 Å². The summed E-state index contributed by atoms with van der Waals surface area (Å²) in [4.78, 5) is 4.29. The number of benzene rings is 3. The molecule has 0 spiro atoms. The van der Waals surface area contributed by atoms with Crippen molar-refractivity contribution in [2.75, 3.05) is 0 Å². The van der Waals surface area contributed by atoms with Crippen LogP contribution in [0.5, 0.6) is 11.6 Å². The van der Waals surface area contributed by atoms with E-state index in [9.17, 15) is 0 Å². The predicted molar refractivity (Wildman–Crippen MR) is 128 cm³/mol. The topological polar surface area (TPSA) is 26.0 Å². The fourth-order valence-electron chi connectivity index (χ4n) is 3.85. The lowest BCUT2D eigenvalue weighted by Gasteiger charge is -2.12. The smallest absolute Gasteiger partial charge is 0.219 e. The number of ether oxygens (including phenoxy) is 1. The third-order valence-corrected chi connectivity index (χ3v) is 5.49. The van der Waals surface area contributed by atoms with Gasteiger partial charge in [-0.25, -0.2) is 9.55 Å². The lowest BCUT2D eigenvalue weighted by atomic mass is 9.95. The van der Waals surface area contributed by atoms with Gasteiger partial charge >= 0.3 is 0 Å². The molecule has 154 valence electrons. The van der Waals surface area contributed by atoms with Gasteiger partial charge in [-0.2, -0.15) is 0 Å². The molecule has 0 radical (unpaired) electrons. The van der Waals surface area contributed by atoms with Gasteiger partial charge in [0.15, 0.2) is 6.20 Å². The summed E-state index contributed by atoms with van der Waals surface area (Å²) in [6.07, 6.45) is 3.79.